The predicted molar refractivity (Wildman–Crippen MR) is 134 cm³/mol. The molecule has 2 N–H and O–H groups in total. The number of anilines is 2. The summed E-state index contributed by atoms with van der Waals surface area (Å²) in [5, 5.41) is 7.43. The number of hydrogen-bond donors (Lipinski definition) is 2. The van der Waals surface area contributed by atoms with E-state index < -0.39 is 5.82 Å². The van der Waals surface area contributed by atoms with E-state index in [1.165, 1.54) is 6.20 Å². The lowest BCUT2D eigenvalue weighted by Crippen LogP contribution is -2.44. The van der Waals surface area contributed by atoms with Crippen LogP contribution in [0, 0.1) is 5.82 Å². The number of imidazole rings is 1. The summed E-state index contributed by atoms with van der Waals surface area (Å²) in [5.74, 6) is 0.0405. The standard InChI is InChI=1S/C24H25FN10/c1-33(2)15-10-14(11-26-12-15)16-13-28-22-18(19(16)25)21(31-32-22)24-29-20-17(4-5-27-23(20)30-24)35-8-6-34(3)7-9-35/h4-5,10-13H,6-9H2,1-3H3,(H,27,29,30)(H,28,31,32). The fourth-order valence-electron chi connectivity index (χ4n) is 4.47. The van der Waals surface area contributed by atoms with E-state index in [4.69, 9.17) is 0 Å². The topological polar surface area (TPSA) is 106 Å². The third kappa shape index (κ3) is 3.64. The smallest absolute Gasteiger partial charge is 0.184 e. The first kappa shape index (κ1) is 21.4. The van der Waals surface area contributed by atoms with Crippen LogP contribution in [0.3, 0.4) is 0 Å². The van der Waals surface area contributed by atoms with Crippen LogP contribution in [0.5, 0.6) is 0 Å². The molecule has 5 aromatic rings. The number of likely N-dealkylation sites (N-methyl/N-ethyl adjacent to an activating group) is 1. The Bertz CT molecular complexity index is 1530. The van der Waals surface area contributed by atoms with Gasteiger partial charge in [0.1, 0.15) is 17.0 Å². The number of H-pyrrole nitrogens is 2. The molecule has 178 valence electrons. The Labute approximate surface area is 200 Å². The van der Waals surface area contributed by atoms with E-state index in [1.807, 2.05) is 31.1 Å². The van der Waals surface area contributed by atoms with Crippen LogP contribution in [0.1, 0.15) is 0 Å². The molecular formula is C24H25FN10. The SMILES string of the molecule is CN1CCN(c2ccnc3nc(-c4[nH]nc5ncc(-c6cncc(N(C)C)c6)c(F)c45)[nH]c23)CC1. The Kier molecular flexibility index (Phi) is 5.06. The van der Waals surface area contributed by atoms with Crippen molar-refractivity contribution < 1.29 is 4.39 Å². The van der Waals surface area contributed by atoms with E-state index in [-0.39, 0.29) is 11.0 Å². The van der Waals surface area contributed by atoms with Crippen LogP contribution in [0.25, 0.3) is 44.8 Å². The molecule has 0 atom stereocenters. The van der Waals surface area contributed by atoms with Gasteiger partial charge in [-0.25, -0.2) is 19.3 Å². The zero-order chi connectivity index (χ0) is 24.1. The van der Waals surface area contributed by atoms with Crippen LogP contribution in [-0.2, 0) is 0 Å². The van der Waals surface area contributed by atoms with Gasteiger partial charge in [0.15, 0.2) is 17.1 Å². The molecular weight excluding hydrogens is 447 g/mol. The minimum absolute atomic E-state index is 0.276. The maximum absolute atomic E-state index is 15.9. The van der Waals surface area contributed by atoms with Crippen LogP contribution in [0.2, 0.25) is 0 Å². The lowest BCUT2D eigenvalue weighted by molar-refractivity contribution is 0.313. The zero-order valence-electron chi connectivity index (χ0n) is 19.7. The number of fused-ring (bicyclic) bond motifs is 2. The van der Waals surface area contributed by atoms with Gasteiger partial charge in [0.25, 0.3) is 0 Å². The minimum atomic E-state index is -0.427. The molecule has 0 unspecified atom stereocenters. The van der Waals surface area contributed by atoms with Crippen molar-refractivity contribution in [2.45, 2.75) is 0 Å². The van der Waals surface area contributed by atoms with Crippen LogP contribution in [0.15, 0.2) is 36.9 Å². The maximum Gasteiger partial charge on any atom is 0.184 e. The Morgan fingerprint density at radius 2 is 1.86 bits per heavy atom. The molecule has 0 aromatic carbocycles. The lowest BCUT2D eigenvalue weighted by atomic mass is 10.1. The van der Waals surface area contributed by atoms with Crippen molar-refractivity contribution in [3.8, 4) is 22.6 Å². The number of nitrogens with one attached hydrogen (secondary N) is 2. The summed E-state index contributed by atoms with van der Waals surface area (Å²) in [5.41, 5.74) is 5.01. The van der Waals surface area contributed by atoms with E-state index in [0.29, 0.717) is 28.3 Å². The van der Waals surface area contributed by atoms with Crippen LogP contribution >= 0.6 is 0 Å². The number of hydrogen-bond acceptors (Lipinski definition) is 8. The third-order valence-corrected chi connectivity index (χ3v) is 6.52. The number of piperazine rings is 1. The fraction of sp³-hybridized carbons (Fsp3) is 0.292. The number of halogens is 1. The van der Waals surface area contributed by atoms with Crippen molar-refractivity contribution in [2.24, 2.45) is 0 Å². The fourth-order valence-corrected chi connectivity index (χ4v) is 4.47. The van der Waals surface area contributed by atoms with Crippen molar-refractivity contribution in [2.75, 3.05) is 57.1 Å². The van der Waals surface area contributed by atoms with Gasteiger partial charge in [-0.1, -0.05) is 0 Å². The average Bonchev–Trinajstić information content (AvgIpc) is 3.49. The molecule has 1 aliphatic rings. The van der Waals surface area contributed by atoms with E-state index in [0.717, 1.165) is 43.1 Å². The van der Waals surface area contributed by atoms with Crippen molar-refractivity contribution >= 4 is 33.6 Å². The number of pyridine rings is 3. The van der Waals surface area contributed by atoms with Crippen molar-refractivity contribution in [3.05, 3.63) is 42.7 Å². The number of rotatable bonds is 4. The molecule has 1 aliphatic heterocycles. The predicted octanol–water partition coefficient (Wildman–Crippen LogP) is 2.92. The molecule has 11 heteroatoms. The molecule has 6 rings (SSSR count). The molecule has 0 spiro atoms. The van der Waals surface area contributed by atoms with Gasteiger partial charge in [-0.15, -0.1) is 0 Å². The molecule has 0 amide bonds. The Morgan fingerprint density at radius 1 is 1.03 bits per heavy atom. The quantitative estimate of drug-likeness (QED) is 0.411. The molecule has 0 saturated carbocycles. The molecule has 10 nitrogen and oxygen atoms in total. The van der Waals surface area contributed by atoms with E-state index in [1.54, 1.807) is 18.6 Å². The first-order valence-electron chi connectivity index (χ1n) is 11.4. The third-order valence-electron chi connectivity index (χ3n) is 6.52. The number of nitrogens with zero attached hydrogens (tertiary/aromatic N) is 8. The largest absolute Gasteiger partial charge is 0.376 e. The molecule has 1 saturated heterocycles. The summed E-state index contributed by atoms with van der Waals surface area (Å²) >= 11 is 0. The highest BCUT2D eigenvalue weighted by Crippen LogP contribution is 2.34. The highest BCUT2D eigenvalue weighted by molar-refractivity contribution is 5.95. The average molecular weight is 473 g/mol. The summed E-state index contributed by atoms with van der Waals surface area (Å²) in [4.78, 5) is 27.7. The molecule has 0 aliphatic carbocycles. The Balaban J connectivity index is 1.46. The first-order valence-corrected chi connectivity index (χ1v) is 11.4. The maximum atomic E-state index is 15.9. The van der Waals surface area contributed by atoms with E-state index in [2.05, 4.69) is 52.0 Å². The molecule has 35 heavy (non-hydrogen) atoms. The zero-order valence-corrected chi connectivity index (χ0v) is 19.7. The van der Waals surface area contributed by atoms with Gasteiger partial charge in [-0.3, -0.25) is 10.1 Å². The van der Waals surface area contributed by atoms with Gasteiger partial charge in [-0.05, 0) is 19.2 Å². The summed E-state index contributed by atoms with van der Waals surface area (Å²) in [6.45, 7) is 3.80. The summed E-state index contributed by atoms with van der Waals surface area (Å²) in [6, 6.07) is 3.87. The van der Waals surface area contributed by atoms with Crippen molar-refractivity contribution in [1.29, 1.82) is 0 Å². The van der Waals surface area contributed by atoms with Crippen LogP contribution < -0.4 is 9.80 Å². The minimum Gasteiger partial charge on any atom is -0.376 e. The molecule has 1 fully saturated rings. The number of aromatic nitrogens is 7. The van der Waals surface area contributed by atoms with Gasteiger partial charge >= 0.3 is 0 Å². The highest BCUT2D eigenvalue weighted by atomic mass is 19.1. The van der Waals surface area contributed by atoms with Gasteiger partial charge < -0.3 is 19.7 Å². The highest BCUT2D eigenvalue weighted by Gasteiger charge is 2.23. The molecule has 0 radical (unpaired) electrons. The summed E-state index contributed by atoms with van der Waals surface area (Å²) in [7, 11) is 5.96. The van der Waals surface area contributed by atoms with Gasteiger partial charge in [0, 0.05) is 70.0 Å². The molecule has 0 bridgehead atoms. The molecule has 5 aromatic heterocycles. The van der Waals surface area contributed by atoms with Gasteiger partial charge in [-0.2, -0.15) is 5.10 Å². The van der Waals surface area contributed by atoms with E-state index >= 15 is 4.39 Å². The van der Waals surface area contributed by atoms with Crippen LogP contribution in [-0.4, -0.2) is 87.3 Å². The second-order valence-corrected chi connectivity index (χ2v) is 9.01. The Morgan fingerprint density at radius 3 is 2.66 bits per heavy atom. The van der Waals surface area contributed by atoms with E-state index in [9.17, 15) is 0 Å². The normalized spacial score (nSPS) is 14.8. The van der Waals surface area contributed by atoms with Crippen LogP contribution in [0.4, 0.5) is 15.8 Å². The second-order valence-electron chi connectivity index (χ2n) is 9.01. The van der Waals surface area contributed by atoms with Crippen molar-refractivity contribution in [1.82, 2.24) is 40.0 Å². The summed E-state index contributed by atoms with van der Waals surface area (Å²) in [6.07, 6.45) is 6.61. The Hall–Kier alpha value is -4.12. The monoisotopic (exact) mass is 472 g/mol. The van der Waals surface area contributed by atoms with Crippen molar-refractivity contribution in [3.63, 3.8) is 0 Å². The first-order chi connectivity index (χ1) is 17.0. The lowest BCUT2D eigenvalue weighted by Gasteiger charge is -2.34. The second kappa shape index (κ2) is 8.27. The van der Waals surface area contributed by atoms with Gasteiger partial charge in [0.05, 0.1) is 23.0 Å². The number of aromatic amines is 2. The molecule has 6 heterocycles. The van der Waals surface area contributed by atoms with Gasteiger partial charge in [0.2, 0.25) is 0 Å². The summed E-state index contributed by atoms with van der Waals surface area (Å²) < 4.78 is 15.9.